The Morgan fingerprint density at radius 2 is 2.31 bits per heavy atom. The molecule has 1 heterocycles. The number of halogens is 1. The van der Waals surface area contributed by atoms with Gasteiger partial charge in [0.2, 0.25) is 0 Å². The molecular weight excluding hydrogens is 242 g/mol. The normalized spacial score (nSPS) is 10.4. The molecule has 2 nitrogen and oxygen atoms in total. The first-order valence-electron chi connectivity index (χ1n) is 4.84. The first kappa shape index (κ1) is 11.3. The van der Waals surface area contributed by atoms with Crippen molar-refractivity contribution >= 4 is 28.7 Å². The average Bonchev–Trinajstić information content (AvgIpc) is 2.74. The molecule has 2 aromatic rings. The Bertz CT molecular complexity index is 508. The number of hydrogen-bond donors (Lipinski definition) is 0. The van der Waals surface area contributed by atoms with Crippen LogP contribution in [-0.4, -0.2) is 10.8 Å². The second kappa shape index (κ2) is 4.76. The van der Waals surface area contributed by atoms with Crippen molar-refractivity contribution in [2.24, 2.45) is 0 Å². The second-order valence-corrected chi connectivity index (χ2v) is 4.86. The van der Waals surface area contributed by atoms with Gasteiger partial charge in [0.25, 0.3) is 0 Å². The molecule has 82 valence electrons. The van der Waals surface area contributed by atoms with E-state index in [1.54, 1.807) is 23.8 Å². The van der Waals surface area contributed by atoms with Crippen molar-refractivity contribution in [2.45, 2.75) is 13.3 Å². The molecule has 0 N–H and O–H groups in total. The molecule has 16 heavy (non-hydrogen) atoms. The fourth-order valence-electron chi connectivity index (χ4n) is 1.49. The minimum Gasteiger partial charge on any atom is -0.294 e. The van der Waals surface area contributed by atoms with Gasteiger partial charge in [-0.15, -0.1) is 11.3 Å². The smallest absolute Gasteiger partial charge is 0.168 e. The van der Waals surface area contributed by atoms with E-state index >= 15 is 0 Å². The van der Waals surface area contributed by atoms with Gasteiger partial charge in [-0.2, -0.15) is 0 Å². The molecule has 0 radical (unpaired) electrons. The average molecular weight is 252 g/mol. The molecule has 0 aliphatic rings. The molecule has 0 bridgehead atoms. The van der Waals surface area contributed by atoms with Crippen molar-refractivity contribution < 1.29 is 4.79 Å². The van der Waals surface area contributed by atoms with Crippen LogP contribution in [0.3, 0.4) is 0 Å². The number of hydrogen-bond acceptors (Lipinski definition) is 3. The number of thiazole rings is 1. The van der Waals surface area contributed by atoms with Gasteiger partial charge >= 0.3 is 0 Å². The number of carbonyl (C=O) groups excluding carboxylic acids is 1. The van der Waals surface area contributed by atoms with Gasteiger partial charge in [-0.1, -0.05) is 23.7 Å². The lowest BCUT2D eigenvalue weighted by Crippen LogP contribution is -2.04. The van der Waals surface area contributed by atoms with Crippen LogP contribution >= 0.6 is 22.9 Å². The lowest BCUT2D eigenvalue weighted by atomic mass is 10.0. The van der Waals surface area contributed by atoms with Gasteiger partial charge in [0, 0.05) is 28.1 Å². The Labute approximate surface area is 103 Å². The van der Waals surface area contributed by atoms with E-state index in [0.717, 1.165) is 10.4 Å². The van der Waals surface area contributed by atoms with Crippen LogP contribution in [-0.2, 0) is 6.42 Å². The van der Waals surface area contributed by atoms with Crippen LogP contribution in [0.15, 0.2) is 29.9 Å². The summed E-state index contributed by atoms with van der Waals surface area (Å²) in [6.45, 7) is 1.86. The second-order valence-electron chi connectivity index (χ2n) is 3.48. The molecule has 0 aliphatic heterocycles. The van der Waals surface area contributed by atoms with E-state index in [1.807, 2.05) is 13.0 Å². The summed E-state index contributed by atoms with van der Waals surface area (Å²) in [4.78, 5) is 16.9. The van der Waals surface area contributed by atoms with Crippen molar-refractivity contribution in [3.8, 4) is 0 Å². The SMILES string of the molecule is Cc1c(Cl)cccc1C(=O)Cc1cncs1. The summed E-state index contributed by atoms with van der Waals surface area (Å²) in [6, 6.07) is 5.40. The van der Waals surface area contributed by atoms with Crippen molar-refractivity contribution in [1.82, 2.24) is 4.98 Å². The summed E-state index contributed by atoms with van der Waals surface area (Å²) in [5, 5.41) is 0.634. The van der Waals surface area contributed by atoms with Gasteiger partial charge in [-0.05, 0) is 18.6 Å². The van der Waals surface area contributed by atoms with Crippen molar-refractivity contribution in [1.29, 1.82) is 0 Å². The highest BCUT2D eigenvalue weighted by Gasteiger charge is 2.12. The zero-order chi connectivity index (χ0) is 11.5. The quantitative estimate of drug-likeness (QED) is 0.781. The fourth-order valence-corrected chi connectivity index (χ4v) is 2.26. The molecular formula is C12H10ClNOS. The van der Waals surface area contributed by atoms with Crippen LogP contribution in [0.4, 0.5) is 0 Å². The minimum absolute atomic E-state index is 0.0873. The lowest BCUT2D eigenvalue weighted by Gasteiger charge is -2.05. The predicted molar refractivity (Wildman–Crippen MR) is 66.3 cm³/mol. The molecule has 0 spiro atoms. The van der Waals surface area contributed by atoms with Gasteiger partial charge in [0.05, 0.1) is 5.51 Å². The van der Waals surface area contributed by atoms with E-state index in [-0.39, 0.29) is 5.78 Å². The van der Waals surface area contributed by atoms with Crippen LogP contribution in [0, 0.1) is 6.92 Å². The van der Waals surface area contributed by atoms with Crippen LogP contribution in [0.2, 0.25) is 5.02 Å². The van der Waals surface area contributed by atoms with Crippen LogP contribution < -0.4 is 0 Å². The standard InChI is InChI=1S/C12H10ClNOS/c1-8-10(3-2-4-11(8)13)12(15)5-9-6-14-7-16-9/h2-4,6-7H,5H2,1H3. The highest BCUT2D eigenvalue weighted by molar-refractivity contribution is 7.09. The third-order valence-electron chi connectivity index (χ3n) is 2.39. The Morgan fingerprint density at radius 3 is 3.00 bits per heavy atom. The van der Waals surface area contributed by atoms with E-state index in [2.05, 4.69) is 4.98 Å². The number of nitrogens with zero attached hydrogens (tertiary/aromatic N) is 1. The molecule has 0 fully saturated rings. The summed E-state index contributed by atoms with van der Waals surface area (Å²) in [5.74, 6) is 0.0873. The molecule has 2 rings (SSSR count). The van der Waals surface area contributed by atoms with Crippen molar-refractivity contribution in [3.05, 3.63) is 50.9 Å². The molecule has 0 unspecified atom stereocenters. The Morgan fingerprint density at radius 1 is 1.50 bits per heavy atom. The number of aromatic nitrogens is 1. The van der Waals surface area contributed by atoms with E-state index < -0.39 is 0 Å². The maximum Gasteiger partial charge on any atom is 0.168 e. The number of rotatable bonds is 3. The third-order valence-corrected chi connectivity index (χ3v) is 3.58. The molecule has 4 heteroatoms. The first-order chi connectivity index (χ1) is 7.68. The van der Waals surface area contributed by atoms with Gasteiger partial charge in [-0.3, -0.25) is 9.78 Å². The zero-order valence-electron chi connectivity index (χ0n) is 8.74. The van der Waals surface area contributed by atoms with Gasteiger partial charge < -0.3 is 0 Å². The monoisotopic (exact) mass is 251 g/mol. The van der Waals surface area contributed by atoms with Crippen LogP contribution in [0.25, 0.3) is 0 Å². The van der Waals surface area contributed by atoms with E-state index in [0.29, 0.717) is 17.0 Å². The Kier molecular flexibility index (Phi) is 3.36. The predicted octanol–water partition coefficient (Wildman–Crippen LogP) is 3.53. The lowest BCUT2D eigenvalue weighted by molar-refractivity contribution is 0.0993. The summed E-state index contributed by atoms with van der Waals surface area (Å²) >= 11 is 7.47. The molecule has 1 aromatic carbocycles. The van der Waals surface area contributed by atoms with Gasteiger partial charge in [0.1, 0.15) is 0 Å². The molecule has 0 atom stereocenters. The molecule has 0 saturated heterocycles. The Balaban J connectivity index is 2.24. The van der Waals surface area contributed by atoms with Crippen LogP contribution in [0.5, 0.6) is 0 Å². The number of Topliss-reactive ketones (excluding diaryl/α,β-unsaturated/α-hetero) is 1. The number of benzene rings is 1. The van der Waals surface area contributed by atoms with Crippen LogP contribution in [0.1, 0.15) is 20.8 Å². The van der Waals surface area contributed by atoms with E-state index in [1.165, 1.54) is 11.3 Å². The van der Waals surface area contributed by atoms with Gasteiger partial charge in [-0.25, -0.2) is 0 Å². The summed E-state index contributed by atoms with van der Waals surface area (Å²) in [7, 11) is 0. The highest BCUT2D eigenvalue weighted by Crippen LogP contribution is 2.20. The minimum atomic E-state index is 0.0873. The van der Waals surface area contributed by atoms with Crippen molar-refractivity contribution in [2.75, 3.05) is 0 Å². The Hall–Kier alpha value is -1.19. The van der Waals surface area contributed by atoms with E-state index in [9.17, 15) is 4.79 Å². The fraction of sp³-hybridized carbons (Fsp3) is 0.167. The maximum absolute atomic E-state index is 12.0. The zero-order valence-corrected chi connectivity index (χ0v) is 10.3. The van der Waals surface area contributed by atoms with E-state index in [4.69, 9.17) is 11.6 Å². The molecule has 0 amide bonds. The van der Waals surface area contributed by atoms with Crippen molar-refractivity contribution in [3.63, 3.8) is 0 Å². The third kappa shape index (κ3) is 2.31. The molecule has 0 saturated carbocycles. The van der Waals surface area contributed by atoms with Gasteiger partial charge in [0.15, 0.2) is 5.78 Å². The summed E-state index contributed by atoms with van der Waals surface area (Å²) < 4.78 is 0. The largest absolute Gasteiger partial charge is 0.294 e. The summed E-state index contributed by atoms with van der Waals surface area (Å²) in [6.07, 6.45) is 2.12. The highest BCUT2D eigenvalue weighted by atomic mass is 35.5. The first-order valence-corrected chi connectivity index (χ1v) is 6.10. The topological polar surface area (TPSA) is 30.0 Å². The maximum atomic E-state index is 12.0. The summed E-state index contributed by atoms with van der Waals surface area (Å²) in [5.41, 5.74) is 3.27. The molecule has 0 aliphatic carbocycles. The number of carbonyl (C=O) groups is 1. The molecule has 1 aromatic heterocycles. The number of ketones is 1.